The zero-order chi connectivity index (χ0) is 11.4. The van der Waals surface area contributed by atoms with Gasteiger partial charge >= 0.3 is 0 Å². The number of hydrogen-bond acceptors (Lipinski definition) is 3. The largest absolute Gasteiger partial charge is 0.378 e. The normalized spacial score (nSPS) is 13.6. The lowest BCUT2D eigenvalue weighted by molar-refractivity contribution is 0.955. The summed E-state index contributed by atoms with van der Waals surface area (Å²) in [5, 5.41) is 6.72. The Hall–Kier alpha value is -1.22. The van der Waals surface area contributed by atoms with Crippen molar-refractivity contribution in [3.8, 4) is 0 Å². The highest BCUT2D eigenvalue weighted by Gasteiger charge is 2.06. The van der Waals surface area contributed by atoms with Crippen LogP contribution < -0.4 is 10.6 Å². The van der Waals surface area contributed by atoms with E-state index in [1.165, 1.54) is 16.8 Å². The molecule has 2 N–H and O–H groups in total. The maximum Gasteiger partial charge on any atom is 0.116 e. The van der Waals surface area contributed by atoms with Crippen LogP contribution in [0.15, 0.2) is 23.2 Å². The van der Waals surface area contributed by atoms with E-state index in [1.54, 1.807) is 0 Å². The highest BCUT2D eigenvalue weighted by atomic mass is 35.5. The van der Waals surface area contributed by atoms with Crippen molar-refractivity contribution in [2.45, 2.75) is 20.3 Å². The van der Waals surface area contributed by atoms with Crippen molar-refractivity contribution in [1.82, 2.24) is 5.32 Å². The van der Waals surface area contributed by atoms with Gasteiger partial charge in [0.15, 0.2) is 0 Å². The lowest BCUT2D eigenvalue weighted by Crippen LogP contribution is -2.26. The average molecular weight is 254 g/mol. The SMILES string of the molecule is CCc1c(C)cccc1NCC1=NCCN1.Cl. The van der Waals surface area contributed by atoms with Crippen molar-refractivity contribution in [2.24, 2.45) is 4.99 Å². The van der Waals surface area contributed by atoms with Crippen LogP contribution in [-0.4, -0.2) is 25.5 Å². The van der Waals surface area contributed by atoms with Gasteiger partial charge in [0.05, 0.1) is 13.1 Å². The van der Waals surface area contributed by atoms with E-state index in [-0.39, 0.29) is 12.4 Å². The number of rotatable bonds is 4. The van der Waals surface area contributed by atoms with Gasteiger partial charge in [0, 0.05) is 12.2 Å². The summed E-state index contributed by atoms with van der Waals surface area (Å²) in [4.78, 5) is 4.37. The van der Waals surface area contributed by atoms with Crippen molar-refractivity contribution in [1.29, 1.82) is 0 Å². The average Bonchev–Trinajstić information content (AvgIpc) is 2.79. The van der Waals surface area contributed by atoms with E-state index in [0.717, 1.165) is 31.9 Å². The van der Waals surface area contributed by atoms with Gasteiger partial charge < -0.3 is 10.6 Å². The molecule has 0 bridgehead atoms. The van der Waals surface area contributed by atoms with Crippen molar-refractivity contribution in [3.63, 3.8) is 0 Å². The third kappa shape index (κ3) is 3.37. The molecule has 0 saturated heterocycles. The molecule has 0 radical (unpaired) electrons. The van der Waals surface area contributed by atoms with Crippen molar-refractivity contribution in [3.05, 3.63) is 29.3 Å². The fourth-order valence-electron chi connectivity index (χ4n) is 2.08. The quantitative estimate of drug-likeness (QED) is 0.865. The van der Waals surface area contributed by atoms with Gasteiger partial charge in [0.1, 0.15) is 5.84 Å². The molecule has 0 aliphatic carbocycles. The van der Waals surface area contributed by atoms with E-state index in [2.05, 4.69) is 47.7 Å². The van der Waals surface area contributed by atoms with Gasteiger partial charge in [-0.3, -0.25) is 4.99 Å². The van der Waals surface area contributed by atoms with Gasteiger partial charge in [-0.25, -0.2) is 0 Å². The molecule has 0 aromatic heterocycles. The fourth-order valence-corrected chi connectivity index (χ4v) is 2.08. The summed E-state index contributed by atoms with van der Waals surface area (Å²) >= 11 is 0. The molecule has 1 aromatic carbocycles. The molecule has 1 aliphatic rings. The van der Waals surface area contributed by atoms with Crippen molar-refractivity contribution >= 4 is 23.9 Å². The number of hydrogen-bond donors (Lipinski definition) is 2. The van der Waals surface area contributed by atoms with E-state index in [0.29, 0.717) is 0 Å². The van der Waals surface area contributed by atoms with Gasteiger partial charge in [-0.2, -0.15) is 0 Å². The first kappa shape index (κ1) is 13.8. The van der Waals surface area contributed by atoms with Crippen LogP contribution in [0.3, 0.4) is 0 Å². The van der Waals surface area contributed by atoms with Gasteiger partial charge in [-0.1, -0.05) is 19.1 Å². The molecule has 1 heterocycles. The second-order valence-corrected chi connectivity index (χ2v) is 4.06. The van der Waals surface area contributed by atoms with Crippen LogP contribution in [0.5, 0.6) is 0 Å². The smallest absolute Gasteiger partial charge is 0.116 e. The molecular formula is C13H20ClN3. The van der Waals surface area contributed by atoms with Crippen LogP contribution in [0, 0.1) is 6.92 Å². The summed E-state index contributed by atoms with van der Waals surface area (Å²) in [5.74, 6) is 1.07. The number of benzene rings is 1. The van der Waals surface area contributed by atoms with Crippen LogP contribution >= 0.6 is 12.4 Å². The minimum Gasteiger partial charge on any atom is -0.378 e. The zero-order valence-electron chi connectivity index (χ0n) is 10.4. The summed E-state index contributed by atoms with van der Waals surface area (Å²) in [5.41, 5.74) is 3.99. The molecule has 0 saturated carbocycles. The minimum absolute atomic E-state index is 0. The van der Waals surface area contributed by atoms with E-state index >= 15 is 0 Å². The Bertz CT molecular complexity index is 402. The standard InChI is InChI=1S/C13H19N3.ClH/c1-3-11-10(2)5-4-6-12(11)16-9-13-14-7-8-15-13;/h4-6,16H,3,7-9H2,1-2H3,(H,14,15);1H. The van der Waals surface area contributed by atoms with E-state index in [1.807, 2.05) is 0 Å². The Labute approximate surface area is 109 Å². The number of amidine groups is 1. The number of anilines is 1. The second kappa shape index (κ2) is 6.50. The Balaban J connectivity index is 0.00000144. The molecule has 0 amide bonds. The summed E-state index contributed by atoms with van der Waals surface area (Å²) in [6, 6.07) is 6.40. The molecule has 0 fully saturated rings. The van der Waals surface area contributed by atoms with Crippen LogP contribution in [-0.2, 0) is 6.42 Å². The Morgan fingerprint density at radius 3 is 2.88 bits per heavy atom. The molecule has 2 rings (SSSR count). The Morgan fingerprint density at radius 2 is 2.24 bits per heavy atom. The highest BCUT2D eigenvalue weighted by Crippen LogP contribution is 2.19. The molecular weight excluding hydrogens is 234 g/mol. The Morgan fingerprint density at radius 1 is 1.41 bits per heavy atom. The summed E-state index contributed by atoms with van der Waals surface area (Å²) in [6.45, 7) is 7.04. The molecule has 17 heavy (non-hydrogen) atoms. The number of halogens is 1. The molecule has 4 heteroatoms. The van der Waals surface area contributed by atoms with Gasteiger partial charge in [0.25, 0.3) is 0 Å². The highest BCUT2D eigenvalue weighted by molar-refractivity contribution is 5.87. The summed E-state index contributed by atoms with van der Waals surface area (Å²) in [7, 11) is 0. The zero-order valence-corrected chi connectivity index (χ0v) is 11.2. The molecule has 0 atom stereocenters. The van der Waals surface area contributed by atoms with E-state index in [4.69, 9.17) is 0 Å². The molecule has 0 spiro atoms. The predicted molar refractivity (Wildman–Crippen MR) is 76.6 cm³/mol. The number of nitrogens with one attached hydrogen (secondary N) is 2. The van der Waals surface area contributed by atoms with Crippen LogP contribution in [0.2, 0.25) is 0 Å². The monoisotopic (exact) mass is 253 g/mol. The summed E-state index contributed by atoms with van der Waals surface area (Å²) in [6.07, 6.45) is 1.06. The van der Waals surface area contributed by atoms with Gasteiger partial charge in [-0.05, 0) is 30.5 Å². The first-order valence-corrected chi connectivity index (χ1v) is 5.91. The van der Waals surface area contributed by atoms with Crippen LogP contribution in [0.4, 0.5) is 5.69 Å². The molecule has 94 valence electrons. The van der Waals surface area contributed by atoms with Crippen LogP contribution in [0.1, 0.15) is 18.1 Å². The van der Waals surface area contributed by atoms with E-state index < -0.39 is 0 Å². The first-order chi connectivity index (χ1) is 7.81. The van der Waals surface area contributed by atoms with E-state index in [9.17, 15) is 0 Å². The number of nitrogens with zero attached hydrogens (tertiary/aromatic N) is 1. The van der Waals surface area contributed by atoms with Crippen molar-refractivity contribution < 1.29 is 0 Å². The number of aryl methyl sites for hydroxylation is 1. The molecule has 1 aromatic rings. The lowest BCUT2D eigenvalue weighted by atomic mass is 10.0. The minimum atomic E-state index is 0. The summed E-state index contributed by atoms with van der Waals surface area (Å²) < 4.78 is 0. The lowest BCUT2D eigenvalue weighted by Gasteiger charge is -2.13. The van der Waals surface area contributed by atoms with Crippen molar-refractivity contribution in [2.75, 3.05) is 25.0 Å². The molecule has 0 unspecified atom stereocenters. The Kier molecular flexibility index (Phi) is 5.29. The maximum atomic E-state index is 4.37. The maximum absolute atomic E-state index is 4.37. The second-order valence-electron chi connectivity index (χ2n) is 4.06. The third-order valence-electron chi connectivity index (χ3n) is 2.95. The van der Waals surface area contributed by atoms with Crippen LogP contribution in [0.25, 0.3) is 0 Å². The van der Waals surface area contributed by atoms with Gasteiger partial charge in [-0.15, -0.1) is 12.4 Å². The fraction of sp³-hybridized carbons (Fsp3) is 0.462. The third-order valence-corrected chi connectivity index (χ3v) is 2.95. The van der Waals surface area contributed by atoms with Gasteiger partial charge in [0.2, 0.25) is 0 Å². The number of aliphatic imine (C=N–C) groups is 1. The molecule has 1 aliphatic heterocycles. The topological polar surface area (TPSA) is 36.4 Å². The molecule has 3 nitrogen and oxygen atoms in total. The first-order valence-electron chi connectivity index (χ1n) is 5.91. The predicted octanol–water partition coefficient (Wildman–Crippen LogP) is 2.39.